The van der Waals surface area contributed by atoms with Crippen LogP contribution >= 0.6 is 11.6 Å². The number of nitriles is 1. The van der Waals surface area contributed by atoms with Crippen molar-refractivity contribution in [3.63, 3.8) is 0 Å². The fourth-order valence-electron chi connectivity index (χ4n) is 2.99. The Balaban J connectivity index is 1.37. The summed E-state index contributed by atoms with van der Waals surface area (Å²) in [6.07, 6.45) is 0.748. The second-order valence-electron chi connectivity index (χ2n) is 6.84. The van der Waals surface area contributed by atoms with E-state index in [1.54, 1.807) is 43.5 Å². The number of aromatic nitrogens is 1. The molecule has 0 radical (unpaired) electrons. The number of furan rings is 1. The second kappa shape index (κ2) is 9.94. The molecule has 0 aliphatic carbocycles. The Morgan fingerprint density at radius 2 is 1.75 bits per heavy atom. The molecule has 0 unspecified atom stereocenters. The van der Waals surface area contributed by atoms with E-state index < -0.39 is 0 Å². The third-order valence-electron chi connectivity index (χ3n) is 4.66. The van der Waals surface area contributed by atoms with Gasteiger partial charge in [-0.05, 0) is 60.5 Å². The molecule has 0 bridgehead atoms. The van der Waals surface area contributed by atoms with Crippen LogP contribution in [0, 0.1) is 11.3 Å². The van der Waals surface area contributed by atoms with Gasteiger partial charge in [0, 0.05) is 11.6 Å². The number of oxazole rings is 1. The summed E-state index contributed by atoms with van der Waals surface area (Å²) in [6.45, 7) is 0.814. The van der Waals surface area contributed by atoms with Crippen LogP contribution in [0.3, 0.4) is 0 Å². The van der Waals surface area contributed by atoms with Crippen molar-refractivity contribution in [2.24, 2.45) is 0 Å². The lowest BCUT2D eigenvalue weighted by atomic mass is 10.1. The number of nitrogens with one attached hydrogen (secondary N) is 1. The SMILES string of the molecule is COc1ccc(CCNc2oc(-c3ccc(COc4ccc(Cl)cc4)o3)nc2C#N)cc1. The van der Waals surface area contributed by atoms with E-state index in [1.807, 2.05) is 30.3 Å². The van der Waals surface area contributed by atoms with Crippen molar-refractivity contribution in [1.82, 2.24) is 4.98 Å². The fraction of sp³-hybridized carbons (Fsp3) is 0.167. The molecule has 0 fully saturated rings. The van der Waals surface area contributed by atoms with Gasteiger partial charge in [0.25, 0.3) is 5.89 Å². The monoisotopic (exact) mass is 449 g/mol. The predicted molar refractivity (Wildman–Crippen MR) is 120 cm³/mol. The van der Waals surface area contributed by atoms with Crippen molar-refractivity contribution in [1.29, 1.82) is 5.26 Å². The first-order valence-corrected chi connectivity index (χ1v) is 10.3. The van der Waals surface area contributed by atoms with Crippen molar-refractivity contribution < 1.29 is 18.3 Å². The Bertz CT molecular complexity index is 1210. The van der Waals surface area contributed by atoms with Gasteiger partial charge in [-0.1, -0.05) is 23.7 Å². The minimum atomic E-state index is 0.171. The normalized spacial score (nSPS) is 10.5. The number of ether oxygens (including phenoxy) is 2. The van der Waals surface area contributed by atoms with Crippen molar-refractivity contribution in [2.75, 3.05) is 19.0 Å². The lowest BCUT2D eigenvalue weighted by Gasteiger charge is -2.05. The maximum Gasteiger partial charge on any atom is 0.266 e. The minimum absolute atomic E-state index is 0.171. The molecule has 8 heteroatoms. The summed E-state index contributed by atoms with van der Waals surface area (Å²) < 4.78 is 22.4. The molecule has 162 valence electrons. The summed E-state index contributed by atoms with van der Waals surface area (Å²) in [5.41, 5.74) is 1.30. The first kappa shape index (κ1) is 21.3. The molecule has 4 rings (SSSR count). The topological polar surface area (TPSA) is 93.4 Å². The Kier molecular flexibility index (Phi) is 6.63. The number of hydrogen-bond donors (Lipinski definition) is 1. The Morgan fingerprint density at radius 1 is 1.00 bits per heavy atom. The number of rotatable bonds is 9. The molecule has 7 nitrogen and oxygen atoms in total. The number of anilines is 1. The minimum Gasteiger partial charge on any atom is -0.497 e. The van der Waals surface area contributed by atoms with Crippen molar-refractivity contribution in [3.8, 4) is 29.2 Å². The summed E-state index contributed by atoms with van der Waals surface area (Å²) in [7, 11) is 1.64. The van der Waals surface area contributed by atoms with Crippen LogP contribution < -0.4 is 14.8 Å². The van der Waals surface area contributed by atoms with Gasteiger partial charge in [-0.15, -0.1) is 0 Å². The predicted octanol–water partition coefficient (Wildman–Crippen LogP) is 5.70. The van der Waals surface area contributed by atoms with E-state index in [1.165, 1.54) is 0 Å². The van der Waals surface area contributed by atoms with Crippen LogP contribution in [0.25, 0.3) is 11.7 Å². The van der Waals surface area contributed by atoms with Crippen LogP contribution in [0.4, 0.5) is 5.88 Å². The van der Waals surface area contributed by atoms with Crippen molar-refractivity contribution in [3.05, 3.63) is 82.7 Å². The van der Waals surface area contributed by atoms with Crippen LogP contribution in [-0.2, 0) is 13.0 Å². The summed E-state index contributed by atoms with van der Waals surface area (Å²) in [6, 6.07) is 20.4. The maximum atomic E-state index is 9.40. The largest absolute Gasteiger partial charge is 0.497 e. The molecule has 2 aromatic carbocycles. The Morgan fingerprint density at radius 3 is 2.47 bits per heavy atom. The highest BCUT2D eigenvalue weighted by Gasteiger charge is 2.17. The van der Waals surface area contributed by atoms with Gasteiger partial charge in [0.05, 0.1) is 7.11 Å². The molecule has 1 N–H and O–H groups in total. The van der Waals surface area contributed by atoms with Crippen LogP contribution in [0.1, 0.15) is 17.0 Å². The average molecular weight is 450 g/mol. The first-order chi connectivity index (χ1) is 15.6. The fourth-order valence-corrected chi connectivity index (χ4v) is 3.12. The van der Waals surface area contributed by atoms with Gasteiger partial charge in [0.2, 0.25) is 11.6 Å². The molecule has 0 aliphatic heterocycles. The summed E-state index contributed by atoms with van der Waals surface area (Å²) in [5.74, 6) is 3.04. The van der Waals surface area contributed by atoms with E-state index in [0.29, 0.717) is 34.7 Å². The molecular formula is C24H20ClN3O4. The molecule has 0 amide bonds. The number of nitrogens with zero attached hydrogens (tertiary/aromatic N) is 2. The van der Waals surface area contributed by atoms with Crippen LogP contribution in [0.2, 0.25) is 5.02 Å². The number of methoxy groups -OCH3 is 1. The maximum absolute atomic E-state index is 9.40. The zero-order valence-corrected chi connectivity index (χ0v) is 18.1. The molecular weight excluding hydrogens is 430 g/mol. The highest BCUT2D eigenvalue weighted by atomic mass is 35.5. The molecule has 0 saturated heterocycles. The quantitative estimate of drug-likeness (QED) is 0.350. The lowest BCUT2D eigenvalue weighted by molar-refractivity contribution is 0.271. The number of benzene rings is 2. The smallest absolute Gasteiger partial charge is 0.266 e. The van der Waals surface area contributed by atoms with Crippen molar-refractivity contribution in [2.45, 2.75) is 13.0 Å². The van der Waals surface area contributed by atoms with E-state index in [4.69, 9.17) is 29.9 Å². The Labute approximate surface area is 190 Å². The van der Waals surface area contributed by atoms with Gasteiger partial charge in [-0.3, -0.25) is 0 Å². The van der Waals surface area contributed by atoms with Crippen molar-refractivity contribution >= 4 is 17.5 Å². The average Bonchev–Trinajstić information content (AvgIpc) is 3.46. The summed E-state index contributed by atoms with van der Waals surface area (Å²) in [4.78, 5) is 4.23. The van der Waals surface area contributed by atoms with E-state index >= 15 is 0 Å². The second-order valence-corrected chi connectivity index (χ2v) is 7.28. The number of halogens is 1. The zero-order valence-electron chi connectivity index (χ0n) is 17.3. The molecule has 2 aromatic heterocycles. The van der Waals surface area contributed by atoms with E-state index in [2.05, 4.69) is 10.3 Å². The van der Waals surface area contributed by atoms with Gasteiger partial charge in [0.15, 0.2) is 5.76 Å². The molecule has 2 heterocycles. The van der Waals surface area contributed by atoms with Gasteiger partial charge < -0.3 is 23.6 Å². The molecule has 4 aromatic rings. The van der Waals surface area contributed by atoms with Crippen LogP contribution in [-0.4, -0.2) is 18.6 Å². The van der Waals surface area contributed by atoms with Crippen LogP contribution in [0.5, 0.6) is 11.5 Å². The molecule has 0 spiro atoms. The van der Waals surface area contributed by atoms with Gasteiger partial charge >= 0.3 is 0 Å². The molecule has 0 atom stereocenters. The zero-order chi connectivity index (χ0) is 22.3. The standard InChI is InChI=1S/C24H20ClN3O4/c1-29-18-6-2-16(3-7-18)12-13-27-23-21(14-26)28-24(32-23)22-11-10-20(31-22)15-30-19-8-4-17(25)5-9-19/h2-11,27H,12-13,15H2,1H3. The van der Waals surface area contributed by atoms with E-state index in [-0.39, 0.29) is 18.2 Å². The molecule has 0 saturated carbocycles. The van der Waals surface area contributed by atoms with E-state index in [0.717, 1.165) is 17.7 Å². The number of hydrogen-bond acceptors (Lipinski definition) is 7. The molecule has 0 aliphatic rings. The first-order valence-electron chi connectivity index (χ1n) is 9.90. The van der Waals surface area contributed by atoms with Gasteiger partial charge in [-0.2, -0.15) is 10.2 Å². The van der Waals surface area contributed by atoms with Crippen LogP contribution in [0.15, 0.2) is 69.5 Å². The van der Waals surface area contributed by atoms with Gasteiger partial charge in [-0.25, -0.2) is 0 Å². The third kappa shape index (κ3) is 5.23. The van der Waals surface area contributed by atoms with Gasteiger partial charge in [0.1, 0.15) is 29.9 Å². The van der Waals surface area contributed by atoms with E-state index in [9.17, 15) is 5.26 Å². The summed E-state index contributed by atoms with van der Waals surface area (Å²) >= 11 is 5.88. The summed E-state index contributed by atoms with van der Waals surface area (Å²) in [5, 5.41) is 13.2. The highest BCUT2D eigenvalue weighted by Crippen LogP contribution is 2.27. The third-order valence-corrected chi connectivity index (χ3v) is 4.91. The lowest BCUT2D eigenvalue weighted by Crippen LogP contribution is -2.05. The highest BCUT2D eigenvalue weighted by molar-refractivity contribution is 6.30. The molecule has 32 heavy (non-hydrogen) atoms. The Hall–Kier alpha value is -3.89.